The number of nitrogens with zero attached hydrogens (tertiary/aromatic N) is 1. The highest BCUT2D eigenvalue weighted by Gasteiger charge is 2.22. The number of rotatable bonds is 2. The lowest BCUT2D eigenvalue weighted by molar-refractivity contribution is -0.134. The van der Waals surface area contributed by atoms with Crippen LogP contribution in [0.4, 0.5) is 5.69 Å². The number of fused-ring (bicyclic) bond motifs is 1. The van der Waals surface area contributed by atoms with Crippen LogP contribution in [0.5, 0.6) is 0 Å². The topological polar surface area (TPSA) is 49.4 Å². The molecule has 3 rings (SSSR count). The molecule has 0 fully saturated rings. The first-order chi connectivity index (χ1) is 10.2. The highest BCUT2D eigenvalue weighted by atomic mass is 16.2. The van der Waals surface area contributed by atoms with Gasteiger partial charge in [0.15, 0.2) is 0 Å². The Bertz CT molecular complexity index is 668. The predicted octanol–water partition coefficient (Wildman–Crippen LogP) is 2.21. The Labute approximate surface area is 123 Å². The number of amides is 2. The Morgan fingerprint density at radius 3 is 2.52 bits per heavy atom. The van der Waals surface area contributed by atoms with Gasteiger partial charge in [-0.05, 0) is 17.2 Å². The average molecular weight is 280 g/mol. The molecule has 0 aliphatic carbocycles. The Morgan fingerprint density at radius 2 is 1.71 bits per heavy atom. The van der Waals surface area contributed by atoms with Crippen LogP contribution in [0.15, 0.2) is 54.6 Å². The summed E-state index contributed by atoms with van der Waals surface area (Å²) in [5.41, 5.74) is 2.71. The van der Waals surface area contributed by atoms with E-state index in [9.17, 15) is 9.59 Å². The van der Waals surface area contributed by atoms with Crippen molar-refractivity contribution in [1.29, 1.82) is 0 Å². The monoisotopic (exact) mass is 280 g/mol. The molecule has 0 unspecified atom stereocenters. The van der Waals surface area contributed by atoms with E-state index in [1.54, 1.807) is 4.90 Å². The minimum absolute atomic E-state index is 0.0342. The number of benzene rings is 2. The van der Waals surface area contributed by atoms with Crippen molar-refractivity contribution in [2.24, 2.45) is 0 Å². The van der Waals surface area contributed by atoms with Gasteiger partial charge in [-0.15, -0.1) is 0 Å². The minimum atomic E-state index is -0.152. The largest absolute Gasteiger partial charge is 0.329 e. The molecular formula is C17H16N2O2. The third-order valence-corrected chi connectivity index (χ3v) is 3.54. The highest BCUT2D eigenvalue weighted by Crippen LogP contribution is 2.20. The number of nitrogens with one attached hydrogen (secondary N) is 1. The molecule has 21 heavy (non-hydrogen) atoms. The van der Waals surface area contributed by atoms with Crippen molar-refractivity contribution >= 4 is 17.5 Å². The zero-order chi connectivity index (χ0) is 14.7. The van der Waals surface area contributed by atoms with E-state index < -0.39 is 0 Å². The van der Waals surface area contributed by atoms with Gasteiger partial charge in [-0.25, -0.2) is 0 Å². The van der Waals surface area contributed by atoms with Gasteiger partial charge in [-0.3, -0.25) is 9.59 Å². The molecular weight excluding hydrogens is 264 g/mol. The van der Waals surface area contributed by atoms with Crippen LogP contribution in [0.1, 0.15) is 11.1 Å². The fourth-order valence-corrected chi connectivity index (χ4v) is 2.46. The summed E-state index contributed by atoms with van der Waals surface area (Å²) in [5.74, 6) is -0.186. The highest BCUT2D eigenvalue weighted by molar-refractivity contribution is 5.96. The average Bonchev–Trinajstić information content (AvgIpc) is 2.66. The molecule has 2 amide bonds. The summed E-state index contributed by atoms with van der Waals surface area (Å²) < 4.78 is 0. The molecule has 2 aromatic rings. The second kappa shape index (κ2) is 5.79. The standard InChI is InChI=1S/C17H16N2O2/c20-16-12-19(11-14-8-4-5-9-15(14)18-16)17(21)10-13-6-2-1-3-7-13/h1-9H,10-12H2,(H,18,20). The summed E-state index contributed by atoms with van der Waals surface area (Å²) in [6.45, 7) is 0.556. The first kappa shape index (κ1) is 13.4. The lowest BCUT2D eigenvalue weighted by Gasteiger charge is -2.19. The van der Waals surface area contributed by atoms with Gasteiger partial charge in [0, 0.05) is 12.2 Å². The van der Waals surface area contributed by atoms with E-state index in [1.165, 1.54) is 0 Å². The predicted molar refractivity (Wildman–Crippen MR) is 80.6 cm³/mol. The summed E-state index contributed by atoms with van der Waals surface area (Å²) in [6, 6.07) is 17.2. The lowest BCUT2D eigenvalue weighted by atomic mass is 10.1. The van der Waals surface area contributed by atoms with Gasteiger partial charge >= 0.3 is 0 Å². The molecule has 1 N–H and O–H groups in total. The number of hydrogen-bond acceptors (Lipinski definition) is 2. The number of anilines is 1. The third kappa shape index (κ3) is 3.11. The Balaban J connectivity index is 1.79. The number of carbonyl (C=O) groups excluding carboxylic acids is 2. The summed E-state index contributed by atoms with van der Waals surface area (Å²) in [4.78, 5) is 25.9. The quantitative estimate of drug-likeness (QED) is 0.917. The molecule has 0 bridgehead atoms. The van der Waals surface area contributed by atoms with Crippen molar-refractivity contribution in [3.63, 3.8) is 0 Å². The zero-order valence-electron chi connectivity index (χ0n) is 11.6. The summed E-state index contributed by atoms with van der Waals surface area (Å²) >= 11 is 0. The third-order valence-electron chi connectivity index (χ3n) is 3.54. The summed E-state index contributed by atoms with van der Waals surface area (Å²) in [7, 11) is 0. The van der Waals surface area contributed by atoms with Gasteiger partial charge in [-0.1, -0.05) is 48.5 Å². The first-order valence-corrected chi connectivity index (χ1v) is 6.92. The van der Waals surface area contributed by atoms with Gasteiger partial charge in [-0.2, -0.15) is 0 Å². The zero-order valence-corrected chi connectivity index (χ0v) is 11.6. The summed E-state index contributed by atoms with van der Waals surface area (Å²) in [6.07, 6.45) is 0.316. The van der Waals surface area contributed by atoms with Crippen LogP contribution in [0.2, 0.25) is 0 Å². The maximum absolute atomic E-state index is 12.4. The summed E-state index contributed by atoms with van der Waals surface area (Å²) in [5, 5.41) is 2.84. The van der Waals surface area contributed by atoms with Gasteiger partial charge in [0.05, 0.1) is 6.42 Å². The van der Waals surface area contributed by atoms with Gasteiger partial charge in [0.25, 0.3) is 0 Å². The molecule has 4 nitrogen and oxygen atoms in total. The van der Waals surface area contributed by atoms with Crippen molar-refractivity contribution in [3.8, 4) is 0 Å². The SMILES string of the molecule is O=C1CN(C(=O)Cc2ccccc2)Cc2ccccc2N1. The smallest absolute Gasteiger partial charge is 0.244 e. The Morgan fingerprint density at radius 1 is 1.00 bits per heavy atom. The van der Waals surface area contributed by atoms with Crippen molar-refractivity contribution in [2.75, 3.05) is 11.9 Å². The lowest BCUT2D eigenvalue weighted by Crippen LogP contribution is -2.36. The fraction of sp³-hybridized carbons (Fsp3) is 0.176. The molecule has 1 aliphatic heterocycles. The Hall–Kier alpha value is -2.62. The van der Waals surface area contributed by atoms with E-state index in [4.69, 9.17) is 0 Å². The van der Waals surface area contributed by atoms with Crippen molar-refractivity contribution in [1.82, 2.24) is 4.90 Å². The van der Waals surface area contributed by atoms with Crippen molar-refractivity contribution in [3.05, 3.63) is 65.7 Å². The molecule has 0 aromatic heterocycles. The first-order valence-electron chi connectivity index (χ1n) is 6.92. The van der Waals surface area contributed by atoms with Crippen LogP contribution in [-0.2, 0) is 22.6 Å². The van der Waals surface area contributed by atoms with E-state index in [-0.39, 0.29) is 18.4 Å². The molecule has 106 valence electrons. The second-order valence-electron chi connectivity index (χ2n) is 5.12. The normalized spacial score (nSPS) is 14.1. The van der Waals surface area contributed by atoms with E-state index >= 15 is 0 Å². The fourth-order valence-electron chi connectivity index (χ4n) is 2.46. The maximum Gasteiger partial charge on any atom is 0.244 e. The van der Waals surface area contributed by atoms with Crippen molar-refractivity contribution < 1.29 is 9.59 Å². The molecule has 4 heteroatoms. The van der Waals surface area contributed by atoms with Gasteiger partial charge in [0.1, 0.15) is 6.54 Å². The number of para-hydroxylation sites is 1. The van der Waals surface area contributed by atoms with E-state index in [0.717, 1.165) is 16.8 Å². The Kier molecular flexibility index (Phi) is 3.69. The molecule has 0 spiro atoms. The molecule has 0 atom stereocenters. The van der Waals surface area contributed by atoms with Crippen LogP contribution in [0.3, 0.4) is 0 Å². The molecule has 0 radical (unpaired) electrons. The molecule has 0 saturated heterocycles. The van der Waals surface area contributed by atoms with E-state index in [2.05, 4.69) is 5.32 Å². The van der Waals surface area contributed by atoms with Crippen LogP contribution in [-0.4, -0.2) is 23.3 Å². The van der Waals surface area contributed by atoms with Crippen LogP contribution >= 0.6 is 0 Å². The molecule has 2 aromatic carbocycles. The van der Waals surface area contributed by atoms with Crippen LogP contribution in [0.25, 0.3) is 0 Å². The van der Waals surface area contributed by atoms with Crippen LogP contribution in [0, 0.1) is 0 Å². The van der Waals surface area contributed by atoms with Crippen LogP contribution < -0.4 is 5.32 Å². The second-order valence-corrected chi connectivity index (χ2v) is 5.12. The van der Waals surface area contributed by atoms with Crippen molar-refractivity contribution in [2.45, 2.75) is 13.0 Å². The molecule has 1 aliphatic rings. The van der Waals surface area contributed by atoms with E-state index in [1.807, 2.05) is 54.6 Å². The van der Waals surface area contributed by atoms with Gasteiger partial charge in [0.2, 0.25) is 11.8 Å². The van der Waals surface area contributed by atoms with Gasteiger partial charge < -0.3 is 10.2 Å². The molecule has 0 saturated carbocycles. The molecule has 1 heterocycles. The minimum Gasteiger partial charge on any atom is -0.329 e. The number of carbonyl (C=O) groups is 2. The number of hydrogen-bond donors (Lipinski definition) is 1. The maximum atomic E-state index is 12.4. The van der Waals surface area contributed by atoms with E-state index in [0.29, 0.717) is 13.0 Å².